The van der Waals surface area contributed by atoms with Gasteiger partial charge in [0.15, 0.2) is 0 Å². The van der Waals surface area contributed by atoms with E-state index < -0.39 is 94.4 Å². The van der Waals surface area contributed by atoms with Crippen LogP contribution in [0.2, 0.25) is 0 Å². The minimum Gasteiger partial charge on any atom is -0.480 e. The van der Waals surface area contributed by atoms with E-state index in [1.807, 2.05) is 112 Å². The van der Waals surface area contributed by atoms with E-state index in [4.69, 9.17) is 29.2 Å². The Kier molecular flexibility index (Phi) is 37.7. The molecule has 7 aliphatic rings. The molecule has 10 rings (SSSR count). The molecule has 3 saturated heterocycles. The average Bonchev–Trinajstić information content (AvgIpc) is 1.69. The first kappa shape index (κ1) is 92.6. The number of carbonyl (C=O) groups excluding carboxylic acids is 8. The van der Waals surface area contributed by atoms with Crippen LogP contribution in [0.5, 0.6) is 0 Å². The molecule has 3 aromatic carbocycles. The van der Waals surface area contributed by atoms with Crippen LogP contribution >= 0.6 is 67.5 Å². The summed E-state index contributed by atoms with van der Waals surface area (Å²) in [5, 5.41) is 18.3. The van der Waals surface area contributed by atoms with Gasteiger partial charge in [-0.05, 0) is 156 Å². The minimum absolute atomic E-state index is 0. The van der Waals surface area contributed by atoms with E-state index in [1.54, 1.807) is 41.5 Å². The number of benzene rings is 3. The third-order valence-electron chi connectivity index (χ3n) is 19.5. The lowest BCUT2D eigenvalue weighted by atomic mass is 9.79. The van der Waals surface area contributed by atoms with Crippen LogP contribution in [0.3, 0.4) is 0 Å². The molecule has 0 unspecified atom stereocenters. The van der Waals surface area contributed by atoms with E-state index in [2.05, 4.69) is 27.6 Å². The van der Waals surface area contributed by atoms with Crippen molar-refractivity contribution < 1.29 is 71.9 Å². The van der Waals surface area contributed by atoms with Gasteiger partial charge in [0.2, 0.25) is 11.8 Å². The number of hydrogen-bond acceptors (Lipinski definition) is 15. The van der Waals surface area contributed by atoms with E-state index >= 15 is 0 Å². The zero-order valence-electron chi connectivity index (χ0n) is 59.7. The first-order valence-electron chi connectivity index (χ1n) is 33.7. The van der Waals surface area contributed by atoms with Gasteiger partial charge in [-0.2, -0.15) is 67.5 Å². The van der Waals surface area contributed by atoms with E-state index in [0.29, 0.717) is 32.3 Å². The molecule has 6 atom stereocenters. The maximum atomic E-state index is 13.6. The number of carboxylic acid groups (broad SMARTS) is 1. The zero-order chi connectivity index (χ0) is 69.4. The topological polar surface area (TPSA) is 303 Å². The lowest BCUT2D eigenvalue weighted by Crippen LogP contribution is -2.58. The number of nitrogens with one attached hydrogen (secondary N) is 2. The number of alkyl carbamates (subject to hydrolysis) is 2. The number of amides is 8. The van der Waals surface area contributed by atoms with E-state index in [1.165, 1.54) is 22.6 Å². The van der Waals surface area contributed by atoms with Gasteiger partial charge in [-0.3, -0.25) is 14.4 Å². The molecule has 8 amide bonds. The van der Waals surface area contributed by atoms with Crippen molar-refractivity contribution in [2.45, 2.75) is 253 Å². The Hall–Kier alpha value is -6.45. The molecule has 566 valence electrons. The van der Waals surface area contributed by atoms with Gasteiger partial charge in [0.25, 0.3) is 5.91 Å². The Labute approximate surface area is 632 Å². The van der Waals surface area contributed by atoms with Crippen molar-refractivity contribution in [1.82, 2.24) is 25.3 Å². The number of ether oxygens (including phenoxy) is 5. The standard InChI is InChI=1S/C23H32N2O5.C18H22N4O3.C18H23NO3.C13H23NO4.CH4.5H2S/c1-22(2,3)30-20(27)24-18(23(4)12-8-9-13-23)19(26)25-17(15-29-21(25)28)14-16-10-6-5-7-11-16;1-18(9-5-6-10-18)15(20-21-19)16(23)22-14(12-25-17(22)24)11-13-7-3-2-4-8-13;1-18(9-5-6-10-18)12-16(20)19-15(13-22-17(19)21)11-14-7-3-2-4-8-14;1-12(2,3)18-11(17)14-9(10(15)16)13(4)7-5-6-8-13;;;;;;/h5-7,10-11,17-18H,8-9,12-15H2,1-4H3,(H,24,27);2-4,7-8,14-15H,5-6,9-12H2,1H3;2-4,7-8,15H,5-6,9-13H2,1H3;9H,5-8H2,1-4H3,(H,14,17)(H,15,16);1H4;5*1H2/t17-,18+;14-,15+;15-;9-;;;;;;/m0001....../s1. The molecule has 4 saturated carbocycles. The van der Waals surface area contributed by atoms with Crippen LogP contribution in [0.1, 0.15) is 203 Å². The van der Waals surface area contributed by atoms with Gasteiger partial charge >= 0.3 is 36.4 Å². The van der Waals surface area contributed by atoms with Gasteiger partial charge < -0.3 is 39.4 Å². The van der Waals surface area contributed by atoms with Crippen LogP contribution in [-0.2, 0) is 62.1 Å². The second-order valence-corrected chi connectivity index (χ2v) is 29.8. The predicted molar refractivity (Wildman–Crippen MR) is 413 cm³/mol. The van der Waals surface area contributed by atoms with E-state index in [0.717, 1.165) is 111 Å². The fourth-order valence-corrected chi connectivity index (χ4v) is 14.3. The van der Waals surface area contributed by atoms with Gasteiger partial charge in [-0.1, -0.05) is 183 Å². The summed E-state index contributed by atoms with van der Waals surface area (Å²) in [6.45, 7) is 19.2. The third kappa shape index (κ3) is 26.3. The lowest BCUT2D eigenvalue weighted by molar-refractivity contribution is -0.143. The van der Waals surface area contributed by atoms with E-state index in [-0.39, 0.29) is 117 Å². The summed E-state index contributed by atoms with van der Waals surface area (Å²) in [6, 6.07) is 25.7. The van der Waals surface area contributed by atoms with Crippen molar-refractivity contribution in [2.24, 2.45) is 26.8 Å². The fourth-order valence-electron chi connectivity index (χ4n) is 14.3. The second-order valence-electron chi connectivity index (χ2n) is 29.8. The molecule has 0 spiro atoms. The summed E-state index contributed by atoms with van der Waals surface area (Å²) in [7, 11) is 0. The highest BCUT2D eigenvalue weighted by atomic mass is 32.1. The number of rotatable bonds is 17. The molecule has 101 heavy (non-hydrogen) atoms. The number of nitrogens with zero attached hydrogens (tertiary/aromatic N) is 6. The van der Waals surface area contributed by atoms with E-state index in [9.17, 15) is 48.3 Å². The molecule has 3 aromatic rings. The predicted octanol–water partition coefficient (Wildman–Crippen LogP) is 15.2. The number of aliphatic carboxylic acids is 1. The molecule has 4 aliphatic carbocycles. The molecule has 23 nitrogen and oxygen atoms in total. The molecule has 3 aliphatic heterocycles. The molecule has 3 heterocycles. The highest BCUT2D eigenvalue weighted by molar-refractivity contribution is 7.60. The second kappa shape index (κ2) is 41.1. The molecular weight excluding hydrogens is 1390 g/mol. The van der Waals surface area contributed by atoms with Gasteiger partial charge in [0, 0.05) is 11.3 Å². The van der Waals surface area contributed by atoms with Crippen LogP contribution in [-0.4, -0.2) is 141 Å². The average molecular weight is 1500 g/mol. The number of carbonyl (C=O) groups is 9. The van der Waals surface area contributed by atoms with Crippen LogP contribution in [0.25, 0.3) is 10.4 Å². The summed E-state index contributed by atoms with van der Waals surface area (Å²) in [5.74, 6) is -1.93. The number of cyclic esters (lactones) is 3. The number of carboxylic acids is 1. The number of hydrogen-bond donors (Lipinski definition) is 3. The minimum atomic E-state index is -0.995. The van der Waals surface area contributed by atoms with Crippen molar-refractivity contribution in [2.75, 3.05) is 19.8 Å². The van der Waals surface area contributed by atoms with Crippen molar-refractivity contribution in [3.05, 3.63) is 118 Å². The Morgan fingerprint density at radius 2 is 0.822 bits per heavy atom. The van der Waals surface area contributed by atoms with Crippen LogP contribution in [0.4, 0.5) is 24.0 Å². The van der Waals surface area contributed by atoms with Gasteiger partial charge in [0.05, 0.1) is 18.1 Å². The Balaban J connectivity index is 0.000000670. The smallest absolute Gasteiger partial charge is 0.417 e. The Morgan fingerprint density at radius 3 is 1.17 bits per heavy atom. The van der Waals surface area contributed by atoms with Gasteiger partial charge in [-0.15, -0.1) is 0 Å². The highest BCUT2D eigenvalue weighted by Gasteiger charge is 2.51. The van der Waals surface area contributed by atoms with Crippen molar-refractivity contribution in [3.8, 4) is 0 Å². The fraction of sp³-hybridized carbons (Fsp3) is 0.630. The Bertz CT molecular complexity index is 3210. The van der Waals surface area contributed by atoms with Crippen molar-refractivity contribution >= 4 is 122 Å². The van der Waals surface area contributed by atoms with Crippen molar-refractivity contribution in [3.63, 3.8) is 0 Å². The summed E-state index contributed by atoms with van der Waals surface area (Å²) in [4.78, 5) is 118. The maximum absolute atomic E-state index is 13.6. The summed E-state index contributed by atoms with van der Waals surface area (Å²) in [6.07, 6.45) is 14.4. The summed E-state index contributed by atoms with van der Waals surface area (Å²) >= 11 is 0. The quantitative estimate of drug-likeness (QED) is 0.0490. The third-order valence-corrected chi connectivity index (χ3v) is 19.5. The monoisotopic (exact) mass is 1500 g/mol. The first-order valence-corrected chi connectivity index (χ1v) is 33.7. The number of imide groups is 3. The van der Waals surface area contributed by atoms with Crippen LogP contribution in [0.15, 0.2) is 96.1 Å². The van der Waals surface area contributed by atoms with Gasteiger partial charge in [-0.25, -0.2) is 43.5 Å². The zero-order valence-corrected chi connectivity index (χ0v) is 64.7. The molecule has 0 bridgehead atoms. The number of azide groups is 1. The summed E-state index contributed by atoms with van der Waals surface area (Å²) in [5.41, 5.74) is 9.64. The Morgan fingerprint density at radius 1 is 0.515 bits per heavy atom. The van der Waals surface area contributed by atoms with Crippen molar-refractivity contribution in [1.29, 1.82) is 0 Å². The molecule has 28 heteroatoms. The largest absolute Gasteiger partial charge is 0.480 e. The lowest BCUT2D eigenvalue weighted by Gasteiger charge is -2.36. The molecule has 0 aromatic heterocycles. The van der Waals surface area contributed by atoms with Crippen LogP contribution in [0, 0.1) is 21.7 Å². The molecular formula is C73H114N8O15S5. The maximum Gasteiger partial charge on any atom is 0.417 e. The molecule has 0 radical (unpaired) electrons. The SMILES string of the molecule is C.CC(C)(C)OC(=O)N[C@H](C(=O)N1C(=O)OC[C@@H]1Cc1ccccc1)C1(C)CCCC1.CC(C)(C)OC(=O)N[C@H](C(=O)O)C1(C)CCCC1.CC1(CC(=O)N2C(=O)OC[C@@H]2Cc2ccccc2)CCCC1.CC1([C@H](N=[N+]=[N-])C(=O)N2C(=O)OC[C@@H]2Cc2ccccc2)CCCC1.S.S.S.S.S. The normalized spacial score (nSPS) is 20.9. The first-order chi connectivity index (χ1) is 44.9. The molecule has 3 N–H and O–H groups in total. The highest BCUT2D eigenvalue weighted by Crippen LogP contribution is 2.45. The molecule has 7 fully saturated rings. The van der Waals surface area contributed by atoms with Crippen LogP contribution < -0.4 is 10.6 Å². The summed E-state index contributed by atoms with van der Waals surface area (Å²) < 4.78 is 26.0. The van der Waals surface area contributed by atoms with Gasteiger partial charge in [0.1, 0.15) is 49.1 Å².